The maximum atomic E-state index is 12.4. The van der Waals surface area contributed by atoms with Crippen LogP contribution in [0.1, 0.15) is 20.8 Å². The third-order valence-corrected chi connectivity index (χ3v) is 4.13. The third kappa shape index (κ3) is 8.32. The first-order chi connectivity index (χ1) is 9.51. The van der Waals surface area contributed by atoms with E-state index in [0.29, 0.717) is 0 Å². The lowest BCUT2D eigenvalue weighted by Crippen LogP contribution is -2.22. The summed E-state index contributed by atoms with van der Waals surface area (Å²) < 4.78 is 32.3. The minimum absolute atomic E-state index is 0.135. The topological polar surface area (TPSA) is 91.3 Å². The second-order valence-corrected chi connectivity index (χ2v) is 5.68. The summed E-state index contributed by atoms with van der Waals surface area (Å²) in [7, 11) is -3.36. The second kappa shape index (κ2) is 10.9. The molecule has 0 radical (unpaired) electrons. The zero-order chi connectivity index (χ0) is 15.4. The van der Waals surface area contributed by atoms with Crippen molar-refractivity contribution in [2.45, 2.75) is 26.9 Å². The first-order valence-corrected chi connectivity index (χ1v) is 8.23. The van der Waals surface area contributed by atoms with Crippen LogP contribution >= 0.6 is 7.60 Å². The summed E-state index contributed by atoms with van der Waals surface area (Å²) in [6.45, 7) is 5.40. The number of hydrogen-bond donors (Lipinski definition) is 1. The van der Waals surface area contributed by atoms with E-state index in [0.717, 1.165) is 0 Å². The Kier molecular flexibility index (Phi) is 10.4. The third-order valence-electron chi connectivity index (χ3n) is 2.02. The standard InChI is InChI=1S/C12H23O7P/c1-4-16-12(14)19-11(8-7-9-13)10-20(15,17-5-2)18-6-3/h7-8,11,13H,4-6,9-10H2,1-3H3. The molecule has 0 aromatic heterocycles. The Morgan fingerprint density at radius 3 is 2.25 bits per heavy atom. The predicted octanol–water partition coefficient (Wildman–Crippen LogP) is 2.34. The highest BCUT2D eigenvalue weighted by Crippen LogP contribution is 2.49. The number of aliphatic hydroxyl groups is 1. The summed E-state index contributed by atoms with van der Waals surface area (Å²) in [6.07, 6.45) is 0.933. The van der Waals surface area contributed by atoms with Crippen LogP contribution in [0.4, 0.5) is 4.79 Å². The average Bonchev–Trinajstić information content (AvgIpc) is 2.36. The molecule has 0 saturated heterocycles. The van der Waals surface area contributed by atoms with Crippen molar-refractivity contribution in [1.29, 1.82) is 0 Å². The Morgan fingerprint density at radius 1 is 1.20 bits per heavy atom. The molecule has 0 aromatic rings. The number of carbonyl (C=O) groups is 1. The van der Waals surface area contributed by atoms with Crippen molar-refractivity contribution in [3.8, 4) is 0 Å². The summed E-state index contributed by atoms with van der Waals surface area (Å²) in [6, 6.07) is 0. The van der Waals surface area contributed by atoms with Crippen molar-refractivity contribution in [2.24, 2.45) is 0 Å². The van der Waals surface area contributed by atoms with Gasteiger partial charge in [-0.05, 0) is 26.8 Å². The van der Waals surface area contributed by atoms with Crippen LogP contribution < -0.4 is 0 Å². The van der Waals surface area contributed by atoms with E-state index in [2.05, 4.69) is 4.74 Å². The van der Waals surface area contributed by atoms with Crippen molar-refractivity contribution in [1.82, 2.24) is 0 Å². The Bertz CT molecular complexity index is 333. The van der Waals surface area contributed by atoms with Crippen molar-refractivity contribution in [3.05, 3.63) is 12.2 Å². The molecule has 1 atom stereocenters. The molecule has 7 nitrogen and oxygen atoms in total. The van der Waals surface area contributed by atoms with E-state index in [1.807, 2.05) is 0 Å². The molecule has 0 spiro atoms. The van der Waals surface area contributed by atoms with Crippen LogP contribution in [0, 0.1) is 0 Å². The second-order valence-electron chi connectivity index (χ2n) is 3.58. The monoisotopic (exact) mass is 310 g/mol. The first kappa shape index (κ1) is 19.1. The van der Waals surface area contributed by atoms with Crippen LogP contribution in [-0.4, -0.2) is 50.0 Å². The molecule has 1 unspecified atom stereocenters. The van der Waals surface area contributed by atoms with E-state index in [4.69, 9.17) is 18.9 Å². The minimum atomic E-state index is -3.36. The summed E-state index contributed by atoms with van der Waals surface area (Å²) in [5.74, 6) is 0. The van der Waals surface area contributed by atoms with Gasteiger partial charge in [0.2, 0.25) is 0 Å². The van der Waals surface area contributed by atoms with Gasteiger partial charge in [0.25, 0.3) is 0 Å². The van der Waals surface area contributed by atoms with Gasteiger partial charge in [-0.3, -0.25) is 4.57 Å². The molecule has 20 heavy (non-hydrogen) atoms. The lowest BCUT2D eigenvalue weighted by molar-refractivity contribution is 0.0442. The van der Waals surface area contributed by atoms with Crippen LogP contribution in [0.15, 0.2) is 12.2 Å². The Morgan fingerprint density at radius 2 is 1.80 bits per heavy atom. The number of carbonyl (C=O) groups excluding carboxylic acids is 1. The van der Waals surface area contributed by atoms with Crippen molar-refractivity contribution in [2.75, 3.05) is 32.6 Å². The SMILES string of the molecule is CCOC(=O)OC(C=CCO)CP(=O)(OCC)OCC. The summed E-state index contributed by atoms with van der Waals surface area (Å²) in [4.78, 5) is 11.3. The van der Waals surface area contributed by atoms with Gasteiger partial charge in [-0.15, -0.1) is 0 Å². The molecule has 118 valence electrons. The highest BCUT2D eigenvalue weighted by atomic mass is 31.2. The molecule has 0 fully saturated rings. The average molecular weight is 310 g/mol. The smallest absolute Gasteiger partial charge is 0.435 e. The quantitative estimate of drug-likeness (QED) is 0.376. The fourth-order valence-electron chi connectivity index (χ4n) is 1.38. The summed E-state index contributed by atoms with van der Waals surface area (Å²) >= 11 is 0. The zero-order valence-electron chi connectivity index (χ0n) is 12.1. The van der Waals surface area contributed by atoms with Crippen LogP contribution in [0.2, 0.25) is 0 Å². The maximum absolute atomic E-state index is 12.4. The zero-order valence-corrected chi connectivity index (χ0v) is 13.0. The van der Waals surface area contributed by atoms with Crippen LogP contribution in [0.5, 0.6) is 0 Å². The summed E-state index contributed by atoms with van der Waals surface area (Å²) in [5.41, 5.74) is 0. The molecular formula is C12H23O7P. The molecule has 0 heterocycles. The lowest BCUT2D eigenvalue weighted by Gasteiger charge is -2.21. The maximum Gasteiger partial charge on any atom is 0.508 e. The molecule has 1 N–H and O–H groups in total. The molecule has 0 aliphatic rings. The van der Waals surface area contributed by atoms with Gasteiger partial charge in [0.15, 0.2) is 0 Å². The van der Waals surface area contributed by atoms with Crippen molar-refractivity contribution in [3.63, 3.8) is 0 Å². The minimum Gasteiger partial charge on any atom is -0.435 e. The molecule has 8 heteroatoms. The van der Waals surface area contributed by atoms with Crippen LogP contribution in [0.3, 0.4) is 0 Å². The molecule has 0 rings (SSSR count). The van der Waals surface area contributed by atoms with Gasteiger partial charge in [0.1, 0.15) is 6.10 Å². The normalized spacial score (nSPS) is 13.4. The fraction of sp³-hybridized carbons (Fsp3) is 0.750. The van der Waals surface area contributed by atoms with E-state index in [1.165, 1.54) is 12.2 Å². The predicted molar refractivity (Wildman–Crippen MR) is 73.8 cm³/mol. The van der Waals surface area contributed by atoms with E-state index < -0.39 is 19.9 Å². The lowest BCUT2D eigenvalue weighted by atomic mass is 10.3. The number of ether oxygens (including phenoxy) is 2. The molecule has 0 aliphatic heterocycles. The highest BCUT2D eigenvalue weighted by molar-refractivity contribution is 7.53. The molecule has 0 amide bonds. The van der Waals surface area contributed by atoms with Gasteiger partial charge >= 0.3 is 13.8 Å². The van der Waals surface area contributed by atoms with Gasteiger partial charge < -0.3 is 23.6 Å². The van der Waals surface area contributed by atoms with E-state index in [9.17, 15) is 9.36 Å². The van der Waals surface area contributed by atoms with Gasteiger partial charge in [-0.2, -0.15) is 0 Å². The van der Waals surface area contributed by atoms with Crippen molar-refractivity contribution < 1.29 is 33.0 Å². The van der Waals surface area contributed by atoms with Crippen LogP contribution in [-0.2, 0) is 23.1 Å². The largest absolute Gasteiger partial charge is 0.508 e. The number of rotatable bonds is 10. The Hall–Kier alpha value is -0.880. The molecule has 0 bridgehead atoms. The Labute approximate surface area is 119 Å². The number of hydrogen-bond acceptors (Lipinski definition) is 7. The Balaban J connectivity index is 4.79. The fourth-order valence-corrected chi connectivity index (χ4v) is 3.09. The van der Waals surface area contributed by atoms with E-state index >= 15 is 0 Å². The van der Waals surface area contributed by atoms with E-state index in [-0.39, 0.29) is 32.6 Å². The molecule has 0 aliphatic carbocycles. The van der Waals surface area contributed by atoms with Crippen molar-refractivity contribution >= 4 is 13.8 Å². The van der Waals surface area contributed by atoms with Gasteiger partial charge in [-0.1, -0.05) is 6.08 Å². The molecule has 0 aromatic carbocycles. The number of aliphatic hydroxyl groups excluding tert-OH is 1. The van der Waals surface area contributed by atoms with Gasteiger partial charge in [-0.25, -0.2) is 4.79 Å². The summed E-state index contributed by atoms with van der Waals surface area (Å²) in [5, 5.41) is 8.77. The van der Waals surface area contributed by atoms with Gasteiger partial charge in [0.05, 0.1) is 32.6 Å². The molecule has 0 saturated carbocycles. The first-order valence-electron chi connectivity index (χ1n) is 6.50. The molecular weight excluding hydrogens is 287 g/mol. The van der Waals surface area contributed by atoms with Crippen LogP contribution in [0.25, 0.3) is 0 Å². The highest BCUT2D eigenvalue weighted by Gasteiger charge is 2.29. The van der Waals surface area contributed by atoms with Gasteiger partial charge in [0, 0.05) is 0 Å². The van der Waals surface area contributed by atoms with E-state index in [1.54, 1.807) is 20.8 Å².